The lowest BCUT2D eigenvalue weighted by Gasteiger charge is -2.36. The summed E-state index contributed by atoms with van der Waals surface area (Å²) in [5, 5.41) is 8.63. The van der Waals surface area contributed by atoms with E-state index < -0.39 is 11.5 Å². The van der Waals surface area contributed by atoms with Gasteiger partial charge in [0.25, 0.3) is 0 Å². The molecule has 1 saturated heterocycles. The zero-order valence-corrected chi connectivity index (χ0v) is 9.41. The lowest BCUT2D eigenvalue weighted by Crippen LogP contribution is -2.57. The predicted octanol–water partition coefficient (Wildman–Crippen LogP) is 0.0469. The van der Waals surface area contributed by atoms with Crippen molar-refractivity contribution in [3.05, 3.63) is 0 Å². The van der Waals surface area contributed by atoms with Crippen LogP contribution in [0.1, 0.15) is 27.2 Å². The zero-order valence-electron chi connectivity index (χ0n) is 9.41. The third-order valence-electron chi connectivity index (χ3n) is 3.11. The molecule has 1 amide bonds. The van der Waals surface area contributed by atoms with Crippen molar-refractivity contribution >= 4 is 11.9 Å². The molecule has 1 atom stereocenters. The standard InChI is InChI=1S/C10H18N2O3/c1-9(2,3)10(11)4-5-12(8(10)15)6-7(13)14/h4-6,11H2,1-3H3,(H,13,14). The van der Waals surface area contributed by atoms with Gasteiger partial charge in [0.05, 0.1) is 0 Å². The molecular weight excluding hydrogens is 196 g/mol. The summed E-state index contributed by atoms with van der Waals surface area (Å²) in [6.07, 6.45) is 0.516. The smallest absolute Gasteiger partial charge is 0.323 e. The van der Waals surface area contributed by atoms with Crippen LogP contribution in [-0.4, -0.2) is 40.5 Å². The van der Waals surface area contributed by atoms with E-state index in [9.17, 15) is 9.59 Å². The molecule has 86 valence electrons. The Labute approximate surface area is 89.2 Å². The molecule has 15 heavy (non-hydrogen) atoms. The van der Waals surface area contributed by atoms with Crippen molar-refractivity contribution in [2.75, 3.05) is 13.1 Å². The molecule has 1 unspecified atom stereocenters. The van der Waals surface area contributed by atoms with Crippen molar-refractivity contribution in [3.63, 3.8) is 0 Å². The molecule has 1 rings (SSSR count). The molecule has 1 fully saturated rings. The van der Waals surface area contributed by atoms with E-state index in [1.54, 1.807) is 0 Å². The van der Waals surface area contributed by atoms with E-state index in [0.717, 1.165) is 0 Å². The van der Waals surface area contributed by atoms with Crippen LogP contribution in [0.25, 0.3) is 0 Å². The third-order valence-corrected chi connectivity index (χ3v) is 3.11. The lowest BCUT2D eigenvalue weighted by molar-refractivity contribution is -0.145. The highest BCUT2D eigenvalue weighted by Crippen LogP contribution is 2.36. The van der Waals surface area contributed by atoms with Gasteiger partial charge in [-0.1, -0.05) is 20.8 Å². The monoisotopic (exact) mass is 214 g/mol. The predicted molar refractivity (Wildman–Crippen MR) is 55.2 cm³/mol. The molecule has 0 saturated carbocycles. The number of amides is 1. The highest BCUT2D eigenvalue weighted by Gasteiger charge is 2.51. The number of carboxylic acid groups (broad SMARTS) is 1. The molecule has 0 spiro atoms. The Morgan fingerprint density at radius 2 is 2.13 bits per heavy atom. The summed E-state index contributed by atoms with van der Waals surface area (Å²) in [4.78, 5) is 23.8. The second kappa shape index (κ2) is 3.48. The third kappa shape index (κ3) is 1.97. The molecule has 3 N–H and O–H groups in total. The van der Waals surface area contributed by atoms with E-state index in [1.165, 1.54) is 4.90 Å². The van der Waals surface area contributed by atoms with Crippen LogP contribution in [0, 0.1) is 5.41 Å². The van der Waals surface area contributed by atoms with Crippen LogP contribution in [0.15, 0.2) is 0 Å². The highest BCUT2D eigenvalue weighted by molar-refractivity contribution is 5.91. The van der Waals surface area contributed by atoms with Crippen molar-refractivity contribution in [3.8, 4) is 0 Å². The Bertz CT molecular complexity index is 296. The van der Waals surface area contributed by atoms with E-state index in [4.69, 9.17) is 10.8 Å². The Morgan fingerprint density at radius 3 is 2.47 bits per heavy atom. The summed E-state index contributed by atoms with van der Waals surface area (Å²) in [5.41, 5.74) is 4.78. The summed E-state index contributed by atoms with van der Waals surface area (Å²) in [6.45, 7) is 5.87. The minimum atomic E-state index is -0.999. The minimum Gasteiger partial charge on any atom is -0.480 e. The van der Waals surface area contributed by atoms with Gasteiger partial charge >= 0.3 is 5.97 Å². The molecule has 0 aromatic rings. The molecule has 0 bridgehead atoms. The SMILES string of the molecule is CC(C)(C)C1(N)CCN(CC(=O)O)C1=O. The molecule has 0 aromatic heterocycles. The maximum atomic E-state index is 11.9. The summed E-state index contributed by atoms with van der Waals surface area (Å²) in [6, 6.07) is 0. The second-order valence-corrected chi connectivity index (χ2v) is 5.09. The van der Waals surface area contributed by atoms with E-state index >= 15 is 0 Å². The number of hydrogen-bond donors (Lipinski definition) is 2. The molecule has 0 aromatic carbocycles. The Kier molecular flexibility index (Phi) is 2.78. The highest BCUT2D eigenvalue weighted by atomic mass is 16.4. The maximum Gasteiger partial charge on any atom is 0.323 e. The fourth-order valence-corrected chi connectivity index (χ4v) is 1.81. The van der Waals surface area contributed by atoms with E-state index in [0.29, 0.717) is 13.0 Å². The lowest BCUT2D eigenvalue weighted by atomic mass is 9.73. The van der Waals surface area contributed by atoms with Crippen molar-refractivity contribution in [1.82, 2.24) is 4.90 Å². The van der Waals surface area contributed by atoms with Crippen LogP contribution >= 0.6 is 0 Å². The van der Waals surface area contributed by atoms with Crippen LogP contribution in [-0.2, 0) is 9.59 Å². The fraction of sp³-hybridized carbons (Fsp3) is 0.800. The summed E-state index contributed by atoms with van der Waals surface area (Å²) in [5.74, 6) is -1.25. The van der Waals surface area contributed by atoms with Crippen LogP contribution in [0.5, 0.6) is 0 Å². The number of carbonyl (C=O) groups is 2. The van der Waals surface area contributed by atoms with Gasteiger partial charge in [-0.15, -0.1) is 0 Å². The summed E-state index contributed by atoms with van der Waals surface area (Å²) >= 11 is 0. The van der Waals surface area contributed by atoms with Crippen LogP contribution < -0.4 is 5.73 Å². The molecule has 1 aliphatic rings. The number of carboxylic acids is 1. The van der Waals surface area contributed by atoms with Gasteiger partial charge in [0.2, 0.25) is 5.91 Å². The van der Waals surface area contributed by atoms with Crippen LogP contribution in [0.2, 0.25) is 0 Å². The minimum absolute atomic E-state index is 0.252. The first kappa shape index (κ1) is 12.0. The van der Waals surface area contributed by atoms with Gasteiger partial charge < -0.3 is 15.7 Å². The molecule has 1 heterocycles. The first-order valence-electron chi connectivity index (χ1n) is 4.98. The van der Waals surface area contributed by atoms with Gasteiger partial charge in [-0.3, -0.25) is 9.59 Å². The molecule has 1 aliphatic heterocycles. The van der Waals surface area contributed by atoms with Crippen LogP contribution in [0.3, 0.4) is 0 Å². The van der Waals surface area contributed by atoms with Gasteiger partial charge in [-0.05, 0) is 11.8 Å². The first-order valence-corrected chi connectivity index (χ1v) is 4.98. The largest absolute Gasteiger partial charge is 0.480 e. The number of nitrogens with two attached hydrogens (primary N) is 1. The maximum absolute atomic E-state index is 11.9. The quantitative estimate of drug-likeness (QED) is 0.680. The Morgan fingerprint density at radius 1 is 1.60 bits per heavy atom. The Hall–Kier alpha value is -1.10. The molecule has 5 nitrogen and oxygen atoms in total. The first-order chi connectivity index (χ1) is 6.68. The molecular formula is C10H18N2O3. The zero-order chi connectivity index (χ0) is 11.9. The molecule has 0 aliphatic carbocycles. The molecule has 0 radical (unpaired) electrons. The van der Waals surface area contributed by atoms with Crippen molar-refractivity contribution in [2.24, 2.45) is 11.1 Å². The Balaban J connectivity index is 2.84. The average molecular weight is 214 g/mol. The average Bonchev–Trinajstić information content (AvgIpc) is 2.32. The van der Waals surface area contributed by atoms with Crippen LogP contribution in [0.4, 0.5) is 0 Å². The van der Waals surface area contributed by atoms with Gasteiger partial charge in [0.1, 0.15) is 12.1 Å². The van der Waals surface area contributed by atoms with Crippen molar-refractivity contribution < 1.29 is 14.7 Å². The number of nitrogens with zero attached hydrogens (tertiary/aromatic N) is 1. The topological polar surface area (TPSA) is 83.6 Å². The normalized spacial score (nSPS) is 27.2. The number of rotatable bonds is 2. The van der Waals surface area contributed by atoms with E-state index in [-0.39, 0.29) is 17.9 Å². The van der Waals surface area contributed by atoms with Gasteiger partial charge in [-0.2, -0.15) is 0 Å². The van der Waals surface area contributed by atoms with Gasteiger partial charge in [-0.25, -0.2) is 0 Å². The van der Waals surface area contributed by atoms with Crippen molar-refractivity contribution in [2.45, 2.75) is 32.7 Å². The number of aliphatic carboxylic acids is 1. The number of carbonyl (C=O) groups excluding carboxylic acids is 1. The van der Waals surface area contributed by atoms with Gasteiger partial charge in [0, 0.05) is 6.54 Å². The fourth-order valence-electron chi connectivity index (χ4n) is 1.81. The number of likely N-dealkylation sites (tertiary alicyclic amines) is 1. The number of hydrogen-bond acceptors (Lipinski definition) is 3. The van der Waals surface area contributed by atoms with Gasteiger partial charge in [0.15, 0.2) is 0 Å². The van der Waals surface area contributed by atoms with E-state index in [1.807, 2.05) is 20.8 Å². The van der Waals surface area contributed by atoms with Crippen molar-refractivity contribution in [1.29, 1.82) is 0 Å². The van der Waals surface area contributed by atoms with E-state index in [2.05, 4.69) is 0 Å². The summed E-state index contributed by atoms with van der Waals surface area (Å²) in [7, 11) is 0. The second-order valence-electron chi connectivity index (χ2n) is 5.09. The molecule has 5 heteroatoms. The summed E-state index contributed by atoms with van der Waals surface area (Å²) < 4.78 is 0.